The summed E-state index contributed by atoms with van der Waals surface area (Å²) < 4.78 is 22.8. The van der Waals surface area contributed by atoms with Crippen LogP contribution in [0.5, 0.6) is 5.75 Å². The van der Waals surface area contributed by atoms with Gasteiger partial charge in [0, 0.05) is 7.11 Å². The van der Waals surface area contributed by atoms with Crippen molar-refractivity contribution < 1.29 is 23.8 Å². The van der Waals surface area contributed by atoms with Crippen LogP contribution in [0.25, 0.3) is 0 Å². The van der Waals surface area contributed by atoms with E-state index in [1.165, 1.54) is 20.3 Å². The van der Waals surface area contributed by atoms with E-state index in [1.54, 1.807) is 0 Å². The Bertz CT molecular complexity index is 376. The van der Waals surface area contributed by atoms with Crippen molar-refractivity contribution in [3.63, 3.8) is 0 Å². The molecule has 82 valence electrons. The Balaban J connectivity index is 3.25. The molecule has 0 amide bonds. The minimum absolute atomic E-state index is 0.00653. The Morgan fingerprint density at radius 2 is 2.13 bits per heavy atom. The normalized spacial score (nSPS) is 10.1. The number of carboxylic acids is 1. The van der Waals surface area contributed by atoms with Gasteiger partial charge >= 0.3 is 5.97 Å². The van der Waals surface area contributed by atoms with E-state index in [-0.39, 0.29) is 17.9 Å². The highest BCUT2D eigenvalue weighted by Gasteiger charge is 2.15. The molecular weight excluding hydrogens is 203 g/mol. The van der Waals surface area contributed by atoms with Gasteiger partial charge in [-0.05, 0) is 17.7 Å². The van der Waals surface area contributed by atoms with Crippen molar-refractivity contribution in [2.45, 2.75) is 6.61 Å². The zero-order valence-electron chi connectivity index (χ0n) is 8.41. The Morgan fingerprint density at radius 1 is 1.47 bits per heavy atom. The van der Waals surface area contributed by atoms with Crippen LogP contribution in [-0.4, -0.2) is 25.3 Å². The maximum atomic E-state index is 13.2. The molecule has 1 rings (SSSR count). The lowest BCUT2D eigenvalue weighted by atomic mass is 10.1. The maximum Gasteiger partial charge on any atom is 0.336 e. The number of benzene rings is 1. The SMILES string of the molecule is COCc1cc(OC)c(F)cc1C(=O)O. The van der Waals surface area contributed by atoms with Crippen LogP contribution >= 0.6 is 0 Å². The smallest absolute Gasteiger partial charge is 0.336 e. The van der Waals surface area contributed by atoms with Crippen molar-refractivity contribution in [1.82, 2.24) is 0 Å². The number of carboxylic acid groups (broad SMARTS) is 1. The number of methoxy groups -OCH3 is 2. The van der Waals surface area contributed by atoms with Gasteiger partial charge in [0.2, 0.25) is 0 Å². The second kappa shape index (κ2) is 4.75. The highest BCUT2D eigenvalue weighted by atomic mass is 19.1. The standard InChI is InChI=1S/C10H11FO4/c1-14-5-6-3-9(15-2)8(11)4-7(6)10(12)13/h3-4H,5H2,1-2H3,(H,12,13). The van der Waals surface area contributed by atoms with Gasteiger partial charge in [-0.25, -0.2) is 9.18 Å². The van der Waals surface area contributed by atoms with Gasteiger partial charge in [0.25, 0.3) is 0 Å². The first-order valence-electron chi connectivity index (χ1n) is 4.18. The van der Waals surface area contributed by atoms with Crippen LogP contribution in [0.15, 0.2) is 12.1 Å². The first-order chi connectivity index (χ1) is 7.10. The van der Waals surface area contributed by atoms with Gasteiger partial charge in [0.1, 0.15) is 0 Å². The molecule has 0 atom stereocenters. The minimum atomic E-state index is -1.19. The summed E-state index contributed by atoms with van der Waals surface area (Å²) in [6, 6.07) is 2.25. The Labute approximate surface area is 86.2 Å². The van der Waals surface area contributed by atoms with Crippen LogP contribution in [-0.2, 0) is 11.3 Å². The minimum Gasteiger partial charge on any atom is -0.494 e. The van der Waals surface area contributed by atoms with Gasteiger partial charge in [-0.2, -0.15) is 0 Å². The molecule has 0 bridgehead atoms. The molecule has 5 heteroatoms. The molecule has 0 spiro atoms. The van der Waals surface area contributed by atoms with Gasteiger partial charge in [-0.3, -0.25) is 0 Å². The predicted molar refractivity (Wildman–Crippen MR) is 50.6 cm³/mol. The third-order valence-corrected chi connectivity index (χ3v) is 1.91. The number of hydrogen-bond acceptors (Lipinski definition) is 3. The first kappa shape index (κ1) is 11.5. The summed E-state index contributed by atoms with van der Waals surface area (Å²) in [5, 5.41) is 8.82. The molecule has 0 aromatic heterocycles. The lowest BCUT2D eigenvalue weighted by molar-refractivity contribution is 0.0691. The maximum absolute atomic E-state index is 13.2. The molecule has 0 fully saturated rings. The quantitative estimate of drug-likeness (QED) is 0.828. The third kappa shape index (κ3) is 2.44. The largest absolute Gasteiger partial charge is 0.494 e. The molecule has 1 aromatic carbocycles. The van der Waals surface area contributed by atoms with Gasteiger partial charge in [0.05, 0.1) is 19.3 Å². The average Bonchev–Trinajstić information content (AvgIpc) is 2.20. The van der Waals surface area contributed by atoms with Crippen LogP contribution in [0, 0.1) is 5.82 Å². The summed E-state index contributed by atoms with van der Waals surface area (Å²) in [4.78, 5) is 10.8. The van der Waals surface area contributed by atoms with Crippen LogP contribution in [0.4, 0.5) is 4.39 Å². The van der Waals surface area contributed by atoms with Gasteiger partial charge < -0.3 is 14.6 Å². The van der Waals surface area contributed by atoms with E-state index in [9.17, 15) is 9.18 Å². The van der Waals surface area contributed by atoms with E-state index < -0.39 is 11.8 Å². The van der Waals surface area contributed by atoms with Crippen molar-refractivity contribution in [3.05, 3.63) is 29.1 Å². The molecular formula is C10H11FO4. The summed E-state index contributed by atoms with van der Waals surface area (Å²) in [6.07, 6.45) is 0. The summed E-state index contributed by atoms with van der Waals surface area (Å²) in [5.41, 5.74) is 0.262. The number of halogens is 1. The Hall–Kier alpha value is -1.62. The van der Waals surface area contributed by atoms with Crippen LogP contribution < -0.4 is 4.74 Å². The first-order valence-corrected chi connectivity index (χ1v) is 4.18. The van der Waals surface area contributed by atoms with E-state index in [0.29, 0.717) is 5.56 Å². The van der Waals surface area contributed by atoms with Gasteiger partial charge in [-0.15, -0.1) is 0 Å². The fourth-order valence-electron chi connectivity index (χ4n) is 1.23. The topological polar surface area (TPSA) is 55.8 Å². The van der Waals surface area contributed by atoms with Gasteiger partial charge in [0.15, 0.2) is 11.6 Å². The van der Waals surface area contributed by atoms with Gasteiger partial charge in [-0.1, -0.05) is 0 Å². The monoisotopic (exact) mass is 214 g/mol. The van der Waals surface area contributed by atoms with E-state index in [0.717, 1.165) is 6.07 Å². The van der Waals surface area contributed by atoms with Crippen molar-refractivity contribution in [1.29, 1.82) is 0 Å². The highest BCUT2D eigenvalue weighted by Crippen LogP contribution is 2.22. The summed E-state index contributed by atoms with van der Waals surface area (Å²) in [7, 11) is 2.75. The van der Waals surface area contributed by atoms with Crippen molar-refractivity contribution in [3.8, 4) is 5.75 Å². The van der Waals surface area contributed by atoms with E-state index in [2.05, 4.69) is 0 Å². The van der Waals surface area contributed by atoms with Crippen molar-refractivity contribution in [2.75, 3.05) is 14.2 Å². The molecule has 0 aliphatic rings. The lowest BCUT2D eigenvalue weighted by Crippen LogP contribution is -2.05. The molecule has 0 aliphatic heterocycles. The lowest BCUT2D eigenvalue weighted by Gasteiger charge is -2.08. The molecule has 0 saturated heterocycles. The summed E-state index contributed by atoms with van der Waals surface area (Å²) in [5.74, 6) is -1.88. The Morgan fingerprint density at radius 3 is 2.60 bits per heavy atom. The molecule has 0 unspecified atom stereocenters. The van der Waals surface area contributed by atoms with Crippen LogP contribution in [0.2, 0.25) is 0 Å². The van der Waals surface area contributed by atoms with Crippen molar-refractivity contribution >= 4 is 5.97 Å². The molecule has 0 radical (unpaired) electrons. The zero-order chi connectivity index (χ0) is 11.4. The number of rotatable bonds is 4. The molecule has 1 aromatic rings. The fourth-order valence-corrected chi connectivity index (χ4v) is 1.23. The number of aromatic carboxylic acids is 1. The predicted octanol–water partition coefficient (Wildman–Crippen LogP) is 1.68. The number of carbonyl (C=O) groups is 1. The third-order valence-electron chi connectivity index (χ3n) is 1.91. The van der Waals surface area contributed by atoms with Crippen LogP contribution in [0.3, 0.4) is 0 Å². The second-order valence-electron chi connectivity index (χ2n) is 2.88. The molecule has 0 heterocycles. The molecule has 15 heavy (non-hydrogen) atoms. The molecule has 1 N–H and O–H groups in total. The van der Waals surface area contributed by atoms with E-state index >= 15 is 0 Å². The average molecular weight is 214 g/mol. The molecule has 0 saturated carbocycles. The summed E-state index contributed by atoms with van der Waals surface area (Å²) in [6.45, 7) is 0.0955. The second-order valence-corrected chi connectivity index (χ2v) is 2.88. The fraction of sp³-hybridized carbons (Fsp3) is 0.300. The van der Waals surface area contributed by atoms with Crippen LogP contribution in [0.1, 0.15) is 15.9 Å². The van der Waals surface area contributed by atoms with E-state index in [1.807, 2.05) is 0 Å². The highest BCUT2D eigenvalue weighted by molar-refractivity contribution is 5.89. The summed E-state index contributed by atoms with van der Waals surface area (Å²) >= 11 is 0. The Kier molecular flexibility index (Phi) is 3.62. The zero-order valence-corrected chi connectivity index (χ0v) is 8.41. The van der Waals surface area contributed by atoms with E-state index in [4.69, 9.17) is 14.6 Å². The van der Waals surface area contributed by atoms with Crippen molar-refractivity contribution in [2.24, 2.45) is 0 Å². The molecule has 0 aliphatic carbocycles. The number of ether oxygens (including phenoxy) is 2. The molecule has 4 nitrogen and oxygen atoms in total. The number of hydrogen-bond donors (Lipinski definition) is 1.